The van der Waals surface area contributed by atoms with Crippen molar-refractivity contribution in [3.63, 3.8) is 0 Å². The smallest absolute Gasteiger partial charge is 0.352 e. The highest BCUT2D eigenvalue weighted by atomic mass is 19.4. The number of hydrogen-bond donors (Lipinski definition) is 2. The molecule has 1 saturated carbocycles. The Balaban J connectivity index is 1.95. The second kappa shape index (κ2) is 6.11. The number of carbonyl (C=O) groups is 1. The Kier molecular flexibility index (Phi) is 4.71. The molecule has 0 aromatic heterocycles. The number of hydrogen-bond acceptors (Lipinski definition) is 2. The Morgan fingerprint density at radius 2 is 1.84 bits per heavy atom. The highest BCUT2D eigenvalue weighted by molar-refractivity contribution is 5.79. The molecule has 1 aliphatic heterocycles. The van der Waals surface area contributed by atoms with Gasteiger partial charge in [0.25, 0.3) is 0 Å². The van der Waals surface area contributed by atoms with Gasteiger partial charge in [-0.15, -0.1) is 0 Å². The largest absolute Gasteiger partial charge is 0.392 e. The molecule has 3 atom stereocenters. The zero-order valence-corrected chi connectivity index (χ0v) is 10.9. The molecule has 0 bridgehead atoms. The molecular formula is C13H21F3N2O. The number of amides is 1. The number of alkyl halides is 3. The van der Waals surface area contributed by atoms with Crippen molar-refractivity contribution >= 4 is 5.91 Å². The van der Waals surface area contributed by atoms with E-state index in [2.05, 4.69) is 10.6 Å². The van der Waals surface area contributed by atoms with E-state index in [1.807, 2.05) is 0 Å². The van der Waals surface area contributed by atoms with Crippen molar-refractivity contribution in [3.05, 3.63) is 0 Å². The van der Waals surface area contributed by atoms with Crippen molar-refractivity contribution in [2.24, 2.45) is 11.8 Å². The lowest BCUT2D eigenvalue weighted by Gasteiger charge is -2.33. The first-order valence-electron chi connectivity index (χ1n) is 7.06. The molecule has 0 spiro atoms. The average Bonchev–Trinajstić information content (AvgIpc) is 2.39. The topological polar surface area (TPSA) is 41.1 Å². The quantitative estimate of drug-likeness (QED) is 0.813. The highest BCUT2D eigenvalue weighted by Gasteiger charge is 2.48. The lowest BCUT2D eigenvalue weighted by molar-refractivity contribution is -0.198. The van der Waals surface area contributed by atoms with E-state index in [0.717, 1.165) is 19.4 Å². The number of carbonyl (C=O) groups excluding carboxylic acids is 1. The first-order valence-corrected chi connectivity index (χ1v) is 7.06. The summed E-state index contributed by atoms with van der Waals surface area (Å²) in [5.41, 5.74) is 0. The maximum Gasteiger partial charge on any atom is 0.392 e. The number of piperidine rings is 1. The molecule has 2 rings (SSSR count). The van der Waals surface area contributed by atoms with Crippen molar-refractivity contribution in [1.82, 2.24) is 10.6 Å². The molecule has 1 amide bonds. The van der Waals surface area contributed by atoms with Gasteiger partial charge in [0.15, 0.2) is 0 Å². The average molecular weight is 278 g/mol. The van der Waals surface area contributed by atoms with Crippen LogP contribution in [0, 0.1) is 11.8 Å². The molecular weight excluding hydrogens is 257 g/mol. The van der Waals surface area contributed by atoms with Gasteiger partial charge in [-0.25, -0.2) is 0 Å². The van der Waals surface area contributed by atoms with Gasteiger partial charge in [-0.05, 0) is 32.2 Å². The van der Waals surface area contributed by atoms with Crippen LogP contribution in [0.15, 0.2) is 0 Å². The molecule has 110 valence electrons. The number of rotatable bonds is 2. The van der Waals surface area contributed by atoms with Crippen molar-refractivity contribution < 1.29 is 18.0 Å². The van der Waals surface area contributed by atoms with Crippen LogP contribution in [0.5, 0.6) is 0 Å². The molecule has 1 aliphatic carbocycles. The Morgan fingerprint density at radius 1 is 1.11 bits per heavy atom. The Bertz CT molecular complexity index is 314. The molecule has 0 radical (unpaired) electrons. The van der Waals surface area contributed by atoms with E-state index < -0.39 is 23.9 Å². The Hall–Kier alpha value is -0.780. The van der Waals surface area contributed by atoms with Gasteiger partial charge in [-0.1, -0.05) is 12.8 Å². The third kappa shape index (κ3) is 3.84. The summed E-state index contributed by atoms with van der Waals surface area (Å²) >= 11 is 0. The van der Waals surface area contributed by atoms with Crippen LogP contribution in [0.25, 0.3) is 0 Å². The van der Waals surface area contributed by atoms with Crippen LogP contribution in [0.3, 0.4) is 0 Å². The normalized spacial score (nSPS) is 32.9. The van der Waals surface area contributed by atoms with Crippen LogP contribution in [-0.4, -0.2) is 31.2 Å². The maximum absolute atomic E-state index is 12.9. The predicted molar refractivity (Wildman–Crippen MR) is 65.5 cm³/mol. The lowest BCUT2D eigenvalue weighted by Crippen LogP contribution is -2.50. The fourth-order valence-corrected chi connectivity index (χ4v) is 3.12. The van der Waals surface area contributed by atoms with Crippen LogP contribution in [-0.2, 0) is 4.79 Å². The van der Waals surface area contributed by atoms with Crippen LogP contribution < -0.4 is 10.6 Å². The van der Waals surface area contributed by atoms with Gasteiger partial charge in [-0.3, -0.25) is 4.79 Å². The fraction of sp³-hybridized carbons (Fsp3) is 0.923. The summed E-state index contributed by atoms with van der Waals surface area (Å²) in [4.78, 5) is 12.1. The van der Waals surface area contributed by atoms with Gasteiger partial charge in [0.05, 0.1) is 5.92 Å². The molecule has 2 unspecified atom stereocenters. The van der Waals surface area contributed by atoms with E-state index in [9.17, 15) is 18.0 Å². The third-order valence-corrected chi connectivity index (χ3v) is 4.17. The molecule has 0 aromatic rings. The fourth-order valence-electron chi connectivity index (χ4n) is 3.12. The first kappa shape index (κ1) is 14.6. The highest BCUT2D eigenvalue weighted by Crippen LogP contribution is 2.41. The minimum atomic E-state index is -4.26. The molecule has 3 nitrogen and oxygen atoms in total. The lowest BCUT2D eigenvalue weighted by atomic mass is 9.78. The SMILES string of the molecule is O=C(N[C@@H]1CCCNC1)C1CCCCC1C(F)(F)F. The summed E-state index contributed by atoms with van der Waals surface area (Å²) in [5, 5.41) is 5.94. The molecule has 6 heteroatoms. The van der Waals surface area contributed by atoms with Crippen molar-refractivity contribution in [1.29, 1.82) is 0 Å². The second-order valence-corrected chi connectivity index (χ2v) is 5.59. The van der Waals surface area contributed by atoms with Crippen LogP contribution in [0.4, 0.5) is 13.2 Å². The van der Waals surface area contributed by atoms with Gasteiger partial charge >= 0.3 is 6.18 Å². The molecule has 19 heavy (non-hydrogen) atoms. The monoisotopic (exact) mass is 278 g/mol. The summed E-state index contributed by atoms with van der Waals surface area (Å²) in [7, 11) is 0. The standard InChI is InChI=1S/C13H21F3N2O/c14-13(15,16)11-6-2-1-5-10(11)12(19)18-9-4-3-7-17-8-9/h9-11,17H,1-8H2,(H,18,19)/t9-,10?,11?/m1/s1. The molecule has 0 aromatic carbocycles. The summed E-state index contributed by atoms with van der Waals surface area (Å²) in [5.74, 6) is -2.76. The Morgan fingerprint density at radius 3 is 2.47 bits per heavy atom. The summed E-state index contributed by atoms with van der Waals surface area (Å²) < 4.78 is 38.8. The van der Waals surface area contributed by atoms with Crippen LogP contribution >= 0.6 is 0 Å². The summed E-state index contributed by atoms with van der Waals surface area (Å²) in [6.07, 6.45) is -0.721. The molecule has 2 aliphatic rings. The van der Waals surface area contributed by atoms with Crippen LogP contribution in [0.2, 0.25) is 0 Å². The maximum atomic E-state index is 12.9. The van der Waals surface area contributed by atoms with E-state index in [-0.39, 0.29) is 12.5 Å². The predicted octanol–water partition coefficient (Wildman–Crippen LogP) is 2.22. The van der Waals surface area contributed by atoms with E-state index >= 15 is 0 Å². The van der Waals surface area contributed by atoms with E-state index in [0.29, 0.717) is 25.8 Å². The number of halogens is 3. The van der Waals surface area contributed by atoms with Crippen molar-refractivity contribution in [2.75, 3.05) is 13.1 Å². The zero-order chi connectivity index (χ0) is 13.9. The van der Waals surface area contributed by atoms with Crippen molar-refractivity contribution in [3.8, 4) is 0 Å². The Labute approximate surface area is 111 Å². The minimum absolute atomic E-state index is 0.0166. The van der Waals surface area contributed by atoms with Gasteiger partial charge in [0, 0.05) is 18.5 Å². The van der Waals surface area contributed by atoms with Gasteiger partial charge in [0.1, 0.15) is 0 Å². The zero-order valence-electron chi connectivity index (χ0n) is 10.9. The molecule has 1 saturated heterocycles. The van der Waals surface area contributed by atoms with E-state index in [1.54, 1.807) is 0 Å². The summed E-state index contributed by atoms with van der Waals surface area (Å²) in [6, 6.07) is -0.0166. The second-order valence-electron chi connectivity index (χ2n) is 5.59. The van der Waals surface area contributed by atoms with Crippen LogP contribution in [0.1, 0.15) is 38.5 Å². The van der Waals surface area contributed by atoms with E-state index in [4.69, 9.17) is 0 Å². The molecule has 2 fully saturated rings. The third-order valence-electron chi connectivity index (χ3n) is 4.17. The van der Waals surface area contributed by atoms with Crippen molar-refractivity contribution in [2.45, 2.75) is 50.7 Å². The van der Waals surface area contributed by atoms with Gasteiger partial charge < -0.3 is 10.6 Å². The molecule has 2 N–H and O–H groups in total. The molecule has 1 heterocycles. The minimum Gasteiger partial charge on any atom is -0.352 e. The summed E-state index contributed by atoms with van der Waals surface area (Å²) in [6.45, 7) is 1.58. The van der Waals surface area contributed by atoms with E-state index in [1.165, 1.54) is 0 Å². The number of nitrogens with one attached hydrogen (secondary N) is 2. The van der Waals surface area contributed by atoms with Gasteiger partial charge in [-0.2, -0.15) is 13.2 Å². The first-order chi connectivity index (χ1) is 8.98. The van der Waals surface area contributed by atoms with Gasteiger partial charge in [0.2, 0.25) is 5.91 Å².